The van der Waals surface area contributed by atoms with Crippen LogP contribution < -0.4 is 16.0 Å². The predicted octanol–water partition coefficient (Wildman–Crippen LogP) is -0.859. The Morgan fingerprint density at radius 3 is 3.00 bits per heavy atom. The summed E-state index contributed by atoms with van der Waals surface area (Å²) in [4.78, 5) is 24.5. The first kappa shape index (κ1) is 13.5. The van der Waals surface area contributed by atoms with Crippen LogP contribution >= 0.6 is 0 Å². The molecule has 1 aromatic carbocycles. The van der Waals surface area contributed by atoms with Gasteiger partial charge in [0.15, 0.2) is 0 Å². The number of aliphatic hydroxyl groups excluding tert-OH is 1. The van der Waals surface area contributed by atoms with Crippen LogP contribution in [0.4, 0.5) is 5.69 Å². The molecule has 1 atom stereocenters. The van der Waals surface area contributed by atoms with Gasteiger partial charge >= 0.3 is 0 Å². The van der Waals surface area contributed by atoms with Gasteiger partial charge in [-0.1, -0.05) is 12.1 Å². The molecule has 1 heterocycles. The molecule has 0 radical (unpaired) electrons. The highest BCUT2D eigenvalue weighted by molar-refractivity contribution is 6.00. The fourth-order valence-corrected chi connectivity index (χ4v) is 2.05. The maximum absolute atomic E-state index is 11.5. The number of benzene rings is 1. The number of hydrogen-bond donors (Lipinski definition) is 3. The molecule has 0 saturated carbocycles. The molecule has 1 aliphatic heterocycles. The lowest BCUT2D eigenvalue weighted by atomic mass is 10.1. The number of carbonyl (C=O) groups excluding carboxylic acids is 2. The Kier molecular flexibility index (Phi) is 3.82. The zero-order valence-corrected chi connectivity index (χ0v) is 10.7. The van der Waals surface area contributed by atoms with Gasteiger partial charge in [-0.2, -0.15) is 0 Å². The van der Waals surface area contributed by atoms with Crippen molar-refractivity contribution in [3.63, 3.8) is 0 Å². The Morgan fingerprint density at radius 2 is 2.32 bits per heavy atom. The van der Waals surface area contributed by atoms with Gasteiger partial charge in [0.1, 0.15) is 6.10 Å². The lowest BCUT2D eigenvalue weighted by Crippen LogP contribution is -2.38. The van der Waals surface area contributed by atoms with Gasteiger partial charge in [-0.15, -0.1) is 0 Å². The molecule has 2 amide bonds. The summed E-state index contributed by atoms with van der Waals surface area (Å²) < 4.78 is 0. The minimum Gasteiger partial charge on any atom is -0.382 e. The monoisotopic (exact) mass is 263 g/mol. The van der Waals surface area contributed by atoms with Crippen LogP contribution in [0.15, 0.2) is 18.2 Å². The topological polar surface area (TPSA) is 95.7 Å². The van der Waals surface area contributed by atoms with Crippen LogP contribution in [0.1, 0.15) is 11.1 Å². The Morgan fingerprint density at radius 1 is 1.58 bits per heavy atom. The van der Waals surface area contributed by atoms with Crippen molar-refractivity contribution in [2.75, 3.05) is 18.5 Å². The number of rotatable bonds is 4. The van der Waals surface area contributed by atoms with Gasteiger partial charge in [-0.25, -0.2) is 0 Å². The summed E-state index contributed by atoms with van der Waals surface area (Å²) in [6.07, 6.45) is -0.791. The van der Waals surface area contributed by atoms with Crippen molar-refractivity contribution in [2.45, 2.75) is 19.1 Å². The molecule has 2 rings (SSSR count). The van der Waals surface area contributed by atoms with Crippen LogP contribution in [0.2, 0.25) is 0 Å². The van der Waals surface area contributed by atoms with E-state index >= 15 is 0 Å². The number of aliphatic hydroxyl groups is 1. The van der Waals surface area contributed by atoms with E-state index in [0.717, 1.165) is 16.8 Å². The maximum Gasteiger partial charge on any atom is 0.250 e. The average Bonchev–Trinajstić information content (AvgIpc) is 2.70. The molecule has 0 bridgehead atoms. The molecular formula is C13H17N3O3. The second-order valence-corrected chi connectivity index (χ2v) is 4.56. The van der Waals surface area contributed by atoms with Gasteiger partial charge in [0.05, 0.1) is 6.42 Å². The standard InChI is InChI=1S/C13H17N3O3/c1-16-10-3-2-8(4-9(10)5-12(16)18)7-15-13(19)11(17)6-14/h2-4,11,17H,5-7,14H2,1H3,(H,15,19). The molecule has 6 nitrogen and oxygen atoms in total. The number of carbonyl (C=O) groups is 2. The molecule has 19 heavy (non-hydrogen) atoms. The largest absolute Gasteiger partial charge is 0.382 e. The maximum atomic E-state index is 11.5. The van der Waals surface area contributed by atoms with E-state index in [-0.39, 0.29) is 12.5 Å². The van der Waals surface area contributed by atoms with E-state index in [1.807, 2.05) is 18.2 Å². The molecular weight excluding hydrogens is 246 g/mol. The predicted molar refractivity (Wildman–Crippen MR) is 70.5 cm³/mol. The first-order chi connectivity index (χ1) is 9.02. The highest BCUT2D eigenvalue weighted by Gasteiger charge is 2.23. The highest BCUT2D eigenvalue weighted by Crippen LogP contribution is 2.28. The molecule has 102 valence electrons. The SMILES string of the molecule is CN1C(=O)Cc2cc(CNC(=O)C(O)CN)ccc21. The molecule has 0 saturated heterocycles. The molecule has 0 spiro atoms. The summed E-state index contributed by atoms with van der Waals surface area (Å²) in [6, 6.07) is 5.61. The molecule has 0 aromatic heterocycles. The Labute approximate surface area is 111 Å². The van der Waals surface area contributed by atoms with Gasteiger partial charge in [0.25, 0.3) is 0 Å². The quantitative estimate of drug-likeness (QED) is 0.659. The van der Waals surface area contributed by atoms with E-state index in [1.54, 1.807) is 11.9 Å². The van der Waals surface area contributed by atoms with Crippen molar-refractivity contribution >= 4 is 17.5 Å². The molecule has 1 unspecified atom stereocenters. The second-order valence-electron chi connectivity index (χ2n) is 4.56. The van der Waals surface area contributed by atoms with E-state index in [9.17, 15) is 14.7 Å². The van der Waals surface area contributed by atoms with Crippen LogP contribution in [0.3, 0.4) is 0 Å². The van der Waals surface area contributed by atoms with Crippen LogP contribution in [-0.2, 0) is 22.6 Å². The van der Waals surface area contributed by atoms with Crippen molar-refractivity contribution in [1.82, 2.24) is 5.32 Å². The Balaban J connectivity index is 2.02. The molecule has 1 aromatic rings. The lowest BCUT2D eigenvalue weighted by Gasteiger charge is -2.12. The number of likely N-dealkylation sites (N-methyl/N-ethyl adjacent to an activating group) is 1. The zero-order chi connectivity index (χ0) is 14.0. The normalized spacial score (nSPS) is 15.3. The number of amides is 2. The van der Waals surface area contributed by atoms with Crippen LogP contribution in [-0.4, -0.2) is 36.6 Å². The molecule has 6 heteroatoms. The van der Waals surface area contributed by atoms with Gasteiger partial charge in [0, 0.05) is 25.8 Å². The third kappa shape index (κ3) is 2.74. The van der Waals surface area contributed by atoms with Crippen molar-refractivity contribution in [3.05, 3.63) is 29.3 Å². The molecule has 4 N–H and O–H groups in total. The zero-order valence-electron chi connectivity index (χ0n) is 10.7. The fraction of sp³-hybridized carbons (Fsp3) is 0.385. The van der Waals surface area contributed by atoms with E-state index in [0.29, 0.717) is 13.0 Å². The van der Waals surface area contributed by atoms with E-state index in [2.05, 4.69) is 5.32 Å². The lowest BCUT2D eigenvalue weighted by molar-refractivity contribution is -0.129. The first-order valence-corrected chi connectivity index (χ1v) is 6.07. The molecule has 1 aliphatic rings. The Hall–Kier alpha value is -1.92. The van der Waals surface area contributed by atoms with Gasteiger partial charge < -0.3 is 21.1 Å². The van der Waals surface area contributed by atoms with Gasteiger partial charge in [-0.3, -0.25) is 9.59 Å². The number of anilines is 1. The molecule has 0 fully saturated rings. The first-order valence-electron chi connectivity index (χ1n) is 6.07. The van der Waals surface area contributed by atoms with Crippen LogP contribution in [0.5, 0.6) is 0 Å². The minimum atomic E-state index is -1.18. The second kappa shape index (κ2) is 5.38. The summed E-state index contributed by atoms with van der Waals surface area (Å²) in [5.74, 6) is -0.425. The van der Waals surface area contributed by atoms with Gasteiger partial charge in [0.2, 0.25) is 11.8 Å². The number of hydrogen-bond acceptors (Lipinski definition) is 4. The highest BCUT2D eigenvalue weighted by atomic mass is 16.3. The summed E-state index contributed by atoms with van der Waals surface area (Å²) in [7, 11) is 1.74. The van der Waals surface area contributed by atoms with Crippen LogP contribution in [0.25, 0.3) is 0 Å². The molecule has 0 aliphatic carbocycles. The summed E-state index contributed by atoms with van der Waals surface area (Å²) in [5.41, 5.74) is 7.94. The van der Waals surface area contributed by atoms with Crippen molar-refractivity contribution < 1.29 is 14.7 Å². The third-order valence-corrected chi connectivity index (χ3v) is 3.21. The van der Waals surface area contributed by atoms with Crippen molar-refractivity contribution in [2.24, 2.45) is 5.73 Å². The number of nitrogens with one attached hydrogen (secondary N) is 1. The fourth-order valence-electron chi connectivity index (χ4n) is 2.05. The number of fused-ring (bicyclic) bond motifs is 1. The van der Waals surface area contributed by atoms with E-state index in [4.69, 9.17) is 5.73 Å². The number of nitrogens with zero attached hydrogens (tertiary/aromatic N) is 1. The van der Waals surface area contributed by atoms with Gasteiger partial charge in [-0.05, 0) is 17.2 Å². The van der Waals surface area contributed by atoms with Crippen molar-refractivity contribution in [1.29, 1.82) is 0 Å². The number of nitrogens with two attached hydrogens (primary N) is 1. The third-order valence-electron chi connectivity index (χ3n) is 3.21. The van der Waals surface area contributed by atoms with Crippen LogP contribution in [0, 0.1) is 0 Å². The minimum absolute atomic E-state index is 0.0646. The summed E-state index contributed by atoms with van der Waals surface area (Å²) in [6.45, 7) is 0.205. The van der Waals surface area contributed by atoms with Crippen molar-refractivity contribution in [3.8, 4) is 0 Å². The average molecular weight is 263 g/mol. The van der Waals surface area contributed by atoms with E-state index < -0.39 is 12.0 Å². The Bertz CT molecular complexity index is 516. The van der Waals surface area contributed by atoms with E-state index in [1.165, 1.54) is 0 Å². The smallest absolute Gasteiger partial charge is 0.250 e. The summed E-state index contributed by atoms with van der Waals surface area (Å²) >= 11 is 0. The summed E-state index contributed by atoms with van der Waals surface area (Å²) in [5, 5.41) is 11.8.